The van der Waals surface area contributed by atoms with Crippen LogP contribution in [0, 0.1) is 5.92 Å². The molecule has 0 spiro atoms. The smallest absolute Gasteiger partial charge is 0.251 e. The number of carbonyl (C=O) groups is 1. The van der Waals surface area contributed by atoms with Gasteiger partial charge < -0.3 is 10.2 Å². The Morgan fingerprint density at radius 1 is 1.04 bits per heavy atom. The van der Waals surface area contributed by atoms with E-state index >= 15 is 0 Å². The summed E-state index contributed by atoms with van der Waals surface area (Å²) in [4.78, 5) is 14.8. The van der Waals surface area contributed by atoms with Crippen molar-refractivity contribution in [2.24, 2.45) is 5.92 Å². The van der Waals surface area contributed by atoms with Crippen LogP contribution in [0.1, 0.15) is 36.7 Å². The van der Waals surface area contributed by atoms with Crippen molar-refractivity contribution in [3.05, 3.63) is 59.7 Å². The van der Waals surface area contributed by atoms with Crippen molar-refractivity contribution in [2.75, 3.05) is 20.6 Å². The molecule has 0 heterocycles. The van der Waals surface area contributed by atoms with Crippen LogP contribution < -0.4 is 5.32 Å². The summed E-state index contributed by atoms with van der Waals surface area (Å²) in [6.45, 7) is 7.27. The minimum atomic E-state index is -0.00551. The fourth-order valence-electron chi connectivity index (χ4n) is 2.88. The normalized spacial score (nSPS) is 12.4. The largest absolute Gasteiger partial charge is 0.348 e. The fourth-order valence-corrected chi connectivity index (χ4v) is 2.88. The molecule has 1 atom stereocenters. The van der Waals surface area contributed by atoms with E-state index < -0.39 is 0 Å². The van der Waals surface area contributed by atoms with Gasteiger partial charge in [0.1, 0.15) is 0 Å². The third kappa shape index (κ3) is 5.43. The summed E-state index contributed by atoms with van der Waals surface area (Å²) in [6.07, 6.45) is 1.01. The minimum absolute atomic E-state index is 0.00551. The van der Waals surface area contributed by atoms with Crippen molar-refractivity contribution < 1.29 is 4.79 Å². The highest BCUT2D eigenvalue weighted by Crippen LogP contribution is 2.22. The van der Waals surface area contributed by atoms with E-state index in [1.54, 1.807) is 0 Å². The van der Waals surface area contributed by atoms with Gasteiger partial charge in [0.15, 0.2) is 0 Å². The van der Waals surface area contributed by atoms with Crippen LogP contribution in [0.2, 0.25) is 0 Å². The first-order valence-electron chi connectivity index (χ1n) is 9.05. The Kier molecular flexibility index (Phi) is 6.77. The summed E-state index contributed by atoms with van der Waals surface area (Å²) in [6, 6.07) is 16.5. The van der Waals surface area contributed by atoms with Gasteiger partial charge in [-0.25, -0.2) is 0 Å². The molecule has 0 aromatic heterocycles. The Hall–Kier alpha value is -2.13. The van der Waals surface area contributed by atoms with Crippen LogP contribution in [-0.4, -0.2) is 37.5 Å². The number of carbonyl (C=O) groups excluding carboxylic acids is 1. The summed E-state index contributed by atoms with van der Waals surface area (Å²) in [5, 5.41) is 3.18. The monoisotopic (exact) mass is 338 g/mol. The molecule has 2 aromatic rings. The molecule has 25 heavy (non-hydrogen) atoms. The van der Waals surface area contributed by atoms with Crippen LogP contribution in [0.5, 0.6) is 0 Å². The van der Waals surface area contributed by atoms with Gasteiger partial charge in [-0.3, -0.25) is 4.79 Å². The van der Waals surface area contributed by atoms with Gasteiger partial charge in [-0.1, -0.05) is 57.2 Å². The number of amides is 1. The number of rotatable bonds is 7. The van der Waals surface area contributed by atoms with Crippen LogP contribution in [-0.2, 0) is 6.42 Å². The lowest BCUT2D eigenvalue weighted by Crippen LogP contribution is -2.45. The second-order valence-corrected chi connectivity index (χ2v) is 7.22. The molecule has 0 unspecified atom stereocenters. The second kappa shape index (κ2) is 8.82. The summed E-state index contributed by atoms with van der Waals surface area (Å²) in [5.74, 6) is 0.379. The molecule has 134 valence electrons. The van der Waals surface area contributed by atoms with Crippen molar-refractivity contribution in [3.63, 3.8) is 0 Å². The Bertz CT molecular complexity index is 707. The summed E-state index contributed by atoms with van der Waals surface area (Å²) < 4.78 is 0. The maximum Gasteiger partial charge on any atom is 0.251 e. The standard InChI is InChI=1S/C22H30N2O/c1-6-17-9-7-10-18(13-17)19-11-8-12-20(14-19)22(25)23-21(16(2)3)15-24(4)5/h7-14,16,21H,6,15H2,1-5H3,(H,23,25)/t21-/m1/s1. The van der Waals surface area contributed by atoms with Crippen molar-refractivity contribution in [1.82, 2.24) is 10.2 Å². The van der Waals surface area contributed by atoms with Crippen molar-refractivity contribution in [1.29, 1.82) is 0 Å². The summed E-state index contributed by atoms with van der Waals surface area (Å²) in [5.41, 5.74) is 4.25. The van der Waals surface area contributed by atoms with E-state index in [-0.39, 0.29) is 11.9 Å². The van der Waals surface area contributed by atoms with Crippen molar-refractivity contribution >= 4 is 5.91 Å². The third-order valence-electron chi connectivity index (χ3n) is 4.48. The van der Waals surface area contributed by atoms with Crippen LogP contribution >= 0.6 is 0 Å². The average molecular weight is 338 g/mol. The molecular formula is C22H30N2O. The highest BCUT2D eigenvalue weighted by Gasteiger charge is 2.18. The van der Waals surface area contributed by atoms with E-state index in [0.717, 1.165) is 24.1 Å². The molecule has 2 rings (SSSR count). The lowest BCUT2D eigenvalue weighted by molar-refractivity contribution is 0.0916. The van der Waals surface area contributed by atoms with Crippen LogP contribution in [0.3, 0.4) is 0 Å². The molecule has 2 aromatic carbocycles. The van der Waals surface area contributed by atoms with Gasteiger partial charge >= 0.3 is 0 Å². The number of aryl methyl sites for hydroxylation is 1. The van der Waals surface area contributed by atoms with Crippen molar-refractivity contribution in [3.8, 4) is 11.1 Å². The minimum Gasteiger partial charge on any atom is -0.348 e. The molecule has 0 saturated heterocycles. The summed E-state index contributed by atoms with van der Waals surface area (Å²) in [7, 11) is 4.06. The molecule has 3 heteroatoms. The Labute approximate surface area is 152 Å². The number of hydrogen-bond donors (Lipinski definition) is 1. The molecular weight excluding hydrogens is 308 g/mol. The van der Waals surface area contributed by atoms with Crippen LogP contribution in [0.4, 0.5) is 0 Å². The first kappa shape index (κ1) is 19.2. The predicted molar refractivity (Wildman–Crippen MR) is 106 cm³/mol. The van der Waals surface area contributed by atoms with E-state index in [4.69, 9.17) is 0 Å². The van der Waals surface area contributed by atoms with E-state index in [1.165, 1.54) is 5.56 Å². The van der Waals surface area contributed by atoms with Crippen LogP contribution in [0.25, 0.3) is 11.1 Å². The Morgan fingerprint density at radius 2 is 1.68 bits per heavy atom. The van der Waals surface area contributed by atoms with Gasteiger partial charge in [0.25, 0.3) is 5.91 Å². The fraction of sp³-hybridized carbons (Fsp3) is 0.409. The highest BCUT2D eigenvalue weighted by molar-refractivity contribution is 5.95. The maximum atomic E-state index is 12.7. The SMILES string of the molecule is CCc1cccc(-c2cccc(C(=O)N[C@H](CN(C)C)C(C)C)c2)c1. The highest BCUT2D eigenvalue weighted by atomic mass is 16.1. The molecule has 3 nitrogen and oxygen atoms in total. The van der Waals surface area contributed by atoms with Gasteiger partial charge in [0.05, 0.1) is 0 Å². The second-order valence-electron chi connectivity index (χ2n) is 7.22. The van der Waals surface area contributed by atoms with Gasteiger partial charge in [0.2, 0.25) is 0 Å². The number of nitrogens with zero attached hydrogens (tertiary/aromatic N) is 1. The third-order valence-corrected chi connectivity index (χ3v) is 4.48. The zero-order valence-electron chi connectivity index (χ0n) is 16.0. The maximum absolute atomic E-state index is 12.7. The lowest BCUT2D eigenvalue weighted by atomic mass is 9.99. The average Bonchev–Trinajstić information content (AvgIpc) is 2.60. The first-order valence-corrected chi connectivity index (χ1v) is 9.05. The van der Waals surface area contributed by atoms with E-state index in [9.17, 15) is 4.79 Å². The van der Waals surface area contributed by atoms with Gasteiger partial charge in [-0.2, -0.15) is 0 Å². The molecule has 0 saturated carbocycles. The quantitative estimate of drug-likeness (QED) is 0.819. The molecule has 0 aliphatic heterocycles. The zero-order valence-corrected chi connectivity index (χ0v) is 16.0. The first-order chi connectivity index (χ1) is 11.9. The number of hydrogen-bond acceptors (Lipinski definition) is 2. The molecule has 0 radical (unpaired) electrons. The molecule has 0 bridgehead atoms. The predicted octanol–water partition coefficient (Wildman–Crippen LogP) is 4.23. The van der Waals surface area contributed by atoms with E-state index in [2.05, 4.69) is 61.3 Å². The lowest BCUT2D eigenvalue weighted by Gasteiger charge is -2.25. The van der Waals surface area contributed by atoms with E-state index in [0.29, 0.717) is 11.5 Å². The topological polar surface area (TPSA) is 32.3 Å². The van der Waals surface area contributed by atoms with Gasteiger partial charge in [0, 0.05) is 18.2 Å². The van der Waals surface area contributed by atoms with Crippen molar-refractivity contribution in [2.45, 2.75) is 33.2 Å². The van der Waals surface area contributed by atoms with Crippen LogP contribution in [0.15, 0.2) is 48.5 Å². The zero-order chi connectivity index (χ0) is 18.4. The van der Waals surface area contributed by atoms with Gasteiger partial charge in [-0.15, -0.1) is 0 Å². The molecule has 1 N–H and O–H groups in total. The summed E-state index contributed by atoms with van der Waals surface area (Å²) >= 11 is 0. The molecule has 0 aliphatic carbocycles. The molecule has 1 amide bonds. The Morgan fingerprint density at radius 3 is 2.28 bits per heavy atom. The Balaban J connectivity index is 2.20. The van der Waals surface area contributed by atoms with Gasteiger partial charge in [-0.05, 0) is 55.3 Å². The molecule has 0 aliphatic rings. The van der Waals surface area contributed by atoms with E-state index in [1.807, 2.05) is 32.3 Å². The number of likely N-dealkylation sites (N-methyl/N-ethyl adjacent to an activating group) is 1. The number of benzene rings is 2. The molecule has 0 fully saturated rings. The number of nitrogens with one attached hydrogen (secondary N) is 1.